The quantitative estimate of drug-likeness (QED) is 0.867. The molecule has 1 amide bonds. The standard InChI is InChI=1S/C15H22N2O3S2/c1-11-2-3-14(21-11)12-10-13(12)15(18)16-4-5-17-6-8-22(19,20)9-7-17/h2-3,12-13H,4-10H2,1H3,(H,16,18)/t12-,13-/m0/s1. The second-order valence-corrected chi connectivity index (χ2v) is 9.80. The maximum atomic E-state index is 12.1. The predicted octanol–water partition coefficient (Wildman–Crippen LogP) is 1.01. The Morgan fingerprint density at radius 1 is 1.36 bits per heavy atom. The van der Waals surface area contributed by atoms with Crippen LogP contribution in [-0.2, 0) is 14.6 Å². The van der Waals surface area contributed by atoms with Crippen LogP contribution in [0.3, 0.4) is 0 Å². The van der Waals surface area contributed by atoms with E-state index in [0.29, 0.717) is 25.6 Å². The molecule has 2 atom stereocenters. The molecule has 1 aromatic rings. The van der Waals surface area contributed by atoms with Gasteiger partial charge in [0.05, 0.1) is 11.5 Å². The second-order valence-electron chi connectivity index (χ2n) is 6.18. The Morgan fingerprint density at radius 2 is 2.09 bits per heavy atom. The normalized spacial score (nSPS) is 27.5. The summed E-state index contributed by atoms with van der Waals surface area (Å²) in [5.74, 6) is 1.14. The van der Waals surface area contributed by atoms with Crippen LogP contribution in [0.15, 0.2) is 12.1 Å². The summed E-state index contributed by atoms with van der Waals surface area (Å²) in [6, 6.07) is 4.24. The minimum Gasteiger partial charge on any atom is -0.355 e. The van der Waals surface area contributed by atoms with Crippen LogP contribution in [0.2, 0.25) is 0 Å². The van der Waals surface area contributed by atoms with Crippen molar-refractivity contribution in [1.29, 1.82) is 0 Å². The van der Waals surface area contributed by atoms with Gasteiger partial charge in [-0.2, -0.15) is 0 Å². The van der Waals surface area contributed by atoms with Crippen molar-refractivity contribution in [3.05, 3.63) is 21.9 Å². The van der Waals surface area contributed by atoms with E-state index in [2.05, 4.69) is 29.3 Å². The number of aryl methyl sites for hydroxylation is 1. The fourth-order valence-corrected chi connectivity index (χ4v) is 5.23. The zero-order valence-electron chi connectivity index (χ0n) is 12.7. The summed E-state index contributed by atoms with van der Waals surface area (Å²) in [5, 5.41) is 2.99. The third kappa shape index (κ3) is 3.88. The number of thiophene rings is 1. The van der Waals surface area contributed by atoms with Gasteiger partial charge in [-0.15, -0.1) is 11.3 Å². The number of nitrogens with zero attached hydrogens (tertiary/aromatic N) is 1. The number of hydrogen-bond acceptors (Lipinski definition) is 5. The van der Waals surface area contributed by atoms with Crippen molar-refractivity contribution in [3.8, 4) is 0 Å². The van der Waals surface area contributed by atoms with E-state index in [0.717, 1.165) is 13.0 Å². The highest BCUT2D eigenvalue weighted by Crippen LogP contribution is 2.49. The first-order valence-electron chi connectivity index (χ1n) is 7.71. The Bertz CT molecular complexity index is 639. The molecule has 1 aromatic heterocycles. The highest BCUT2D eigenvalue weighted by Gasteiger charge is 2.44. The highest BCUT2D eigenvalue weighted by atomic mass is 32.2. The van der Waals surface area contributed by atoms with Crippen molar-refractivity contribution in [2.24, 2.45) is 5.92 Å². The number of rotatable bonds is 5. The van der Waals surface area contributed by atoms with Crippen LogP contribution in [0.1, 0.15) is 22.1 Å². The van der Waals surface area contributed by atoms with Crippen molar-refractivity contribution in [2.75, 3.05) is 37.7 Å². The molecule has 1 N–H and O–H groups in total. The first-order valence-corrected chi connectivity index (χ1v) is 10.4. The lowest BCUT2D eigenvalue weighted by molar-refractivity contribution is -0.122. The number of nitrogens with one attached hydrogen (secondary N) is 1. The second kappa shape index (κ2) is 6.29. The van der Waals surface area contributed by atoms with Crippen molar-refractivity contribution in [3.63, 3.8) is 0 Å². The molecule has 0 bridgehead atoms. The third-order valence-electron chi connectivity index (χ3n) is 4.42. The molecule has 1 saturated heterocycles. The lowest BCUT2D eigenvalue weighted by Crippen LogP contribution is -2.44. The van der Waals surface area contributed by atoms with Gasteiger partial charge in [0.1, 0.15) is 0 Å². The van der Waals surface area contributed by atoms with Crippen LogP contribution in [0.5, 0.6) is 0 Å². The summed E-state index contributed by atoms with van der Waals surface area (Å²) in [7, 11) is -2.82. The molecule has 2 heterocycles. The van der Waals surface area contributed by atoms with E-state index in [1.807, 2.05) is 0 Å². The van der Waals surface area contributed by atoms with Crippen LogP contribution in [0.25, 0.3) is 0 Å². The highest BCUT2D eigenvalue weighted by molar-refractivity contribution is 7.91. The summed E-state index contributed by atoms with van der Waals surface area (Å²) in [5.41, 5.74) is 0. The van der Waals surface area contributed by atoms with Gasteiger partial charge in [-0.3, -0.25) is 9.69 Å². The van der Waals surface area contributed by atoms with Gasteiger partial charge in [0.15, 0.2) is 9.84 Å². The van der Waals surface area contributed by atoms with Crippen LogP contribution < -0.4 is 5.32 Å². The maximum absolute atomic E-state index is 12.1. The van der Waals surface area contributed by atoms with Gasteiger partial charge in [0.25, 0.3) is 0 Å². The van der Waals surface area contributed by atoms with E-state index in [9.17, 15) is 13.2 Å². The first-order chi connectivity index (χ1) is 10.4. The van der Waals surface area contributed by atoms with Crippen molar-refractivity contribution < 1.29 is 13.2 Å². The van der Waals surface area contributed by atoms with Crippen LogP contribution in [0.4, 0.5) is 0 Å². The van der Waals surface area contributed by atoms with Gasteiger partial charge in [0.2, 0.25) is 5.91 Å². The molecule has 1 saturated carbocycles. The van der Waals surface area contributed by atoms with Gasteiger partial charge in [-0.25, -0.2) is 8.42 Å². The number of sulfone groups is 1. The minimum absolute atomic E-state index is 0.125. The molecule has 2 aliphatic rings. The van der Waals surface area contributed by atoms with Gasteiger partial charge >= 0.3 is 0 Å². The lowest BCUT2D eigenvalue weighted by Gasteiger charge is -2.26. The Balaban J connectivity index is 1.37. The van der Waals surface area contributed by atoms with Crippen LogP contribution in [-0.4, -0.2) is 56.9 Å². The fourth-order valence-electron chi connectivity index (χ4n) is 2.89. The maximum Gasteiger partial charge on any atom is 0.223 e. The zero-order valence-corrected chi connectivity index (χ0v) is 14.4. The van der Waals surface area contributed by atoms with E-state index >= 15 is 0 Å². The molecule has 5 nitrogen and oxygen atoms in total. The zero-order chi connectivity index (χ0) is 15.7. The van der Waals surface area contributed by atoms with E-state index in [1.54, 1.807) is 11.3 Å². The van der Waals surface area contributed by atoms with E-state index in [4.69, 9.17) is 0 Å². The summed E-state index contributed by atoms with van der Waals surface area (Å²) >= 11 is 1.78. The van der Waals surface area contributed by atoms with E-state index < -0.39 is 9.84 Å². The molecule has 0 aromatic carbocycles. The molecular formula is C15H22N2O3S2. The van der Waals surface area contributed by atoms with Crippen molar-refractivity contribution in [2.45, 2.75) is 19.3 Å². The Kier molecular flexibility index (Phi) is 4.56. The Morgan fingerprint density at radius 3 is 2.73 bits per heavy atom. The number of carbonyl (C=O) groups is 1. The Labute approximate surface area is 135 Å². The summed E-state index contributed by atoms with van der Waals surface area (Å²) < 4.78 is 22.7. The minimum atomic E-state index is -2.82. The summed E-state index contributed by atoms with van der Waals surface area (Å²) in [6.07, 6.45) is 0.952. The first kappa shape index (κ1) is 16.0. The lowest BCUT2D eigenvalue weighted by atomic mass is 10.2. The molecule has 1 aliphatic heterocycles. The molecular weight excluding hydrogens is 320 g/mol. The number of hydrogen-bond donors (Lipinski definition) is 1. The smallest absolute Gasteiger partial charge is 0.223 e. The monoisotopic (exact) mass is 342 g/mol. The third-order valence-corrected chi connectivity index (χ3v) is 7.16. The molecule has 3 rings (SSSR count). The van der Waals surface area contributed by atoms with Crippen LogP contribution >= 0.6 is 11.3 Å². The van der Waals surface area contributed by atoms with Gasteiger partial charge in [-0.05, 0) is 25.5 Å². The summed E-state index contributed by atoms with van der Waals surface area (Å²) in [6.45, 7) is 4.59. The van der Waals surface area contributed by atoms with Crippen LogP contribution in [0, 0.1) is 12.8 Å². The summed E-state index contributed by atoms with van der Waals surface area (Å²) in [4.78, 5) is 16.8. The topological polar surface area (TPSA) is 66.5 Å². The van der Waals surface area contributed by atoms with E-state index in [-0.39, 0.29) is 23.3 Å². The van der Waals surface area contributed by atoms with Crippen molar-refractivity contribution in [1.82, 2.24) is 10.2 Å². The Hall–Kier alpha value is -0.920. The van der Waals surface area contributed by atoms with Gasteiger partial charge in [-0.1, -0.05) is 0 Å². The predicted molar refractivity (Wildman–Crippen MR) is 88.0 cm³/mol. The average molecular weight is 342 g/mol. The molecule has 22 heavy (non-hydrogen) atoms. The molecule has 0 spiro atoms. The molecule has 2 fully saturated rings. The fraction of sp³-hybridized carbons (Fsp3) is 0.667. The van der Waals surface area contributed by atoms with Gasteiger partial charge < -0.3 is 5.32 Å². The average Bonchev–Trinajstić information content (AvgIpc) is 3.16. The molecule has 1 aliphatic carbocycles. The van der Waals surface area contributed by atoms with Crippen molar-refractivity contribution >= 4 is 27.1 Å². The molecule has 122 valence electrons. The number of carbonyl (C=O) groups excluding carboxylic acids is 1. The molecule has 0 unspecified atom stereocenters. The molecule has 0 radical (unpaired) electrons. The van der Waals surface area contributed by atoms with Gasteiger partial charge in [0, 0.05) is 47.8 Å². The largest absolute Gasteiger partial charge is 0.355 e. The molecule has 7 heteroatoms. The SMILES string of the molecule is Cc1ccc([C@H]2C[C@@H]2C(=O)NCCN2CCS(=O)(=O)CC2)s1. The number of amides is 1. The van der Waals surface area contributed by atoms with E-state index in [1.165, 1.54) is 9.75 Å².